The minimum atomic E-state index is -0.519. The Hall–Kier alpha value is -6.94. The molecule has 340 valence electrons. The largest absolute Gasteiger partial charge is 0.369 e. The Labute approximate surface area is 381 Å². The van der Waals surface area contributed by atoms with Crippen LogP contribution in [0.2, 0.25) is 0 Å². The van der Waals surface area contributed by atoms with Crippen LogP contribution in [0.4, 0.5) is 26.7 Å². The Bertz CT molecular complexity index is 2470. The van der Waals surface area contributed by atoms with Gasteiger partial charge in [-0.05, 0) is 74.3 Å². The van der Waals surface area contributed by atoms with Crippen LogP contribution >= 0.6 is 0 Å². The number of hydrogen-bond acceptors (Lipinski definition) is 10. The normalized spacial score (nSPS) is 19.3. The van der Waals surface area contributed by atoms with Crippen LogP contribution in [-0.2, 0) is 22.4 Å². The topological polar surface area (TPSA) is 157 Å². The summed E-state index contributed by atoms with van der Waals surface area (Å²) in [6.45, 7) is 10.4. The number of fused-ring (bicyclic) bond motifs is 2. The molecule has 0 saturated carbocycles. The van der Waals surface area contributed by atoms with Gasteiger partial charge in [0.25, 0.3) is 0 Å². The maximum atomic E-state index is 12.8. The number of carbonyl (C=O) groups excluding carboxylic acids is 4. The summed E-state index contributed by atoms with van der Waals surface area (Å²) in [5.74, 6) is 0.213. The van der Waals surface area contributed by atoms with Crippen LogP contribution in [-0.4, -0.2) is 166 Å². The highest BCUT2D eigenvalue weighted by atomic mass is 16.2. The van der Waals surface area contributed by atoms with Gasteiger partial charge in [0.1, 0.15) is 0 Å². The number of likely N-dealkylation sites (N-methyl/N-ethyl adjacent to an activating group) is 3. The Balaban J connectivity index is 0.000000188. The molecule has 16 nitrogen and oxygen atoms in total. The fourth-order valence-electron chi connectivity index (χ4n) is 8.89. The Morgan fingerprint density at radius 3 is 1.72 bits per heavy atom. The molecule has 3 fully saturated rings. The van der Waals surface area contributed by atoms with Gasteiger partial charge in [0.2, 0.25) is 11.8 Å². The average Bonchev–Trinajstić information content (AvgIpc) is 3.61. The van der Waals surface area contributed by atoms with E-state index in [1.54, 1.807) is 16.8 Å². The van der Waals surface area contributed by atoms with Crippen molar-refractivity contribution in [3.63, 3.8) is 0 Å². The lowest BCUT2D eigenvalue weighted by molar-refractivity contribution is -0.130. The fraction of sp³-hybridized carbons (Fsp3) is 0.388. The van der Waals surface area contributed by atoms with Crippen molar-refractivity contribution in [3.8, 4) is 0 Å². The molecule has 0 radical (unpaired) electrons. The zero-order valence-electron chi connectivity index (χ0n) is 38.1. The smallest absolute Gasteiger partial charge is 0.337 e. The summed E-state index contributed by atoms with van der Waals surface area (Å²) in [6.07, 6.45) is 1.37. The molecule has 1 unspecified atom stereocenters. The number of piperazine rings is 3. The Kier molecular flexibility index (Phi) is 13.4. The molecule has 16 heteroatoms. The van der Waals surface area contributed by atoms with Crippen molar-refractivity contribution >= 4 is 52.4 Å². The molecule has 3 saturated heterocycles. The molecule has 4 aromatic carbocycles. The molecule has 5 aliphatic heterocycles. The molecule has 4 aromatic rings. The maximum absolute atomic E-state index is 12.8. The molecular weight excluding hydrogens is 821 g/mol. The second-order valence-corrected chi connectivity index (χ2v) is 17.4. The molecule has 6 amide bonds. The summed E-state index contributed by atoms with van der Waals surface area (Å²) in [6, 6.07) is 30.0. The molecule has 9 rings (SSSR count). The SMILES string of the molecule is CN1CCN(c2ccc(C3=NN(C(N)=O)CCc4ccccc43)cc2)CC1.CNC(=O)N1N=C(c2ccc(N3CCN(C)C(=O)C3)cc2)c2ccc(N3CCN(C)C(=O)C3)cc2CC1C. The summed E-state index contributed by atoms with van der Waals surface area (Å²) in [7, 11) is 7.43. The average molecular weight is 881 g/mol. The van der Waals surface area contributed by atoms with Gasteiger partial charge < -0.3 is 40.4 Å². The van der Waals surface area contributed by atoms with Crippen LogP contribution in [0.25, 0.3) is 0 Å². The van der Waals surface area contributed by atoms with E-state index in [4.69, 9.17) is 10.8 Å². The van der Waals surface area contributed by atoms with E-state index in [0.717, 1.165) is 96.3 Å². The number of hydrazone groups is 2. The second-order valence-electron chi connectivity index (χ2n) is 17.4. The lowest BCUT2D eigenvalue weighted by atomic mass is 9.93. The van der Waals surface area contributed by atoms with Crippen LogP contribution in [0.5, 0.6) is 0 Å². The Morgan fingerprint density at radius 2 is 1.14 bits per heavy atom. The lowest BCUT2D eigenvalue weighted by Gasteiger charge is -2.34. The van der Waals surface area contributed by atoms with Gasteiger partial charge in [0, 0.05) is 113 Å². The van der Waals surface area contributed by atoms with Crippen LogP contribution in [0.3, 0.4) is 0 Å². The highest BCUT2D eigenvalue weighted by Crippen LogP contribution is 2.30. The molecule has 5 heterocycles. The number of hydrogen-bond donors (Lipinski definition) is 2. The predicted octanol–water partition coefficient (Wildman–Crippen LogP) is 3.71. The van der Waals surface area contributed by atoms with E-state index in [0.29, 0.717) is 39.1 Å². The van der Waals surface area contributed by atoms with E-state index in [-0.39, 0.29) is 23.9 Å². The summed E-state index contributed by atoms with van der Waals surface area (Å²) >= 11 is 0. The first kappa shape index (κ1) is 44.7. The Morgan fingerprint density at radius 1 is 0.615 bits per heavy atom. The van der Waals surface area contributed by atoms with Crippen molar-refractivity contribution in [3.05, 3.63) is 124 Å². The van der Waals surface area contributed by atoms with E-state index < -0.39 is 6.03 Å². The quantitative estimate of drug-likeness (QED) is 0.308. The van der Waals surface area contributed by atoms with Gasteiger partial charge in [-0.2, -0.15) is 10.2 Å². The number of carbonyl (C=O) groups is 4. The lowest BCUT2D eigenvalue weighted by Crippen LogP contribution is -2.48. The summed E-state index contributed by atoms with van der Waals surface area (Å²) in [5, 5.41) is 15.0. The number of rotatable bonds is 5. The molecule has 3 N–H and O–H groups in total. The third-order valence-electron chi connectivity index (χ3n) is 13.0. The van der Waals surface area contributed by atoms with E-state index in [2.05, 4.69) is 85.6 Å². The molecular formula is C49H60N12O4. The van der Waals surface area contributed by atoms with Crippen molar-refractivity contribution in [1.29, 1.82) is 0 Å². The first-order valence-electron chi connectivity index (χ1n) is 22.5. The van der Waals surface area contributed by atoms with E-state index in [1.807, 2.05) is 63.5 Å². The zero-order chi connectivity index (χ0) is 45.8. The molecule has 5 aliphatic rings. The molecule has 65 heavy (non-hydrogen) atoms. The molecule has 0 aliphatic carbocycles. The van der Waals surface area contributed by atoms with Crippen molar-refractivity contribution < 1.29 is 19.2 Å². The van der Waals surface area contributed by atoms with Gasteiger partial charge in [-0.15, -0.1) is 0 Å². The standard InChI is InChI=1S/C28H35N7O3.C21H25N5O/c1-19-15-21-16-23(34-14-12-32(4)26(37)18-34)9-10-24(21)27(30-35(19)28(38)29-2)20-5-7-22(8-6-20)33-13-11-31(3)25(36)17-33;1-24-12-14-25(15-13-24)18-8-6-17(7-9-18)20-19-5-3-2-4-16(19)10-11-26(23-20)21(22)27/h5-10,16,19H,11-15,17-18H2,1-4H3,(H,29,38);2-9H,10-15H2,1H3,(H2,22,27). The van der Waals surface area contributed by atoms with E-state index in [1.165, 1.54) is 21.3 Å². The number of urea groups is 2. The summed E-state index contributed by atoms with van der Waals surface area (Å²) < 4.78 is 0. The number of nitrogens with zero attached hydrogens (tertiary/aromatic N) is 10. The highest BCUT2D eigenvalue weighted by Gasteiger charge is 2.30. The van der Waals surface area contributed by atoms with Crippen molar-refractivity contribution in [2.75, 3.05) is 115 Å². The van der Waals surface area contributed by atoms with Crippen molar-refractivity contribution in [1.82, 2.24) is 30.0 Å². The van der Waals surface area contributed by atoms with Crippen molar-refractivity contribution in [2.45, 2.75) is 25.8 Å². The van der Waals surface area contributed by atoms with Gasteiger partial charge in [0.05, 0.1) is 37.1 Å². The monoisotopic (exact) mass is 880 g/mol. The highest BCUT2D eigenvalue weighted by molar-refractivity contribution is 6.15. The van der Waals surface area contributed by atoms with Gasteiger partial charge in [-0.1, -0.05) is 54.6 Å². The van der Waals surface area contributed by atoms with E-state index in [9.17, 15) is 19.2 Å². The molecule has 1 atom stereocenters. The number of nitrogens with one attached hydrogen (secondary N) is 1. The molecule has 0 aromatic heterocycles. The number of nitrogens with two attached hydrogens (primary N) is 1. The first-order valence-corrected chi connectivity index (χ1v) is 22.5. The third kappa shape index (κ3) is 9.92. The maximum Gasteiger partial charge on any atom is 0.337 e. The number of anilines is 3. The van der Waals surface area contributed by atoms with Crippen LogP contribution in [0.15, 0.2) is 101 Å². The number of benzene rings is 4. The van der Waals surface area contributed by atoms with E-state index >= 15 is 0 Å². The van der Waals surface area contributed by atoms with Gasteiger partial charge in [-0.25, -0.2) is 19.6 Å². The van der Waals surface area contributed by atoms with Gasteiger partial charge in [0.15, 0.2) is 0 Å². The summed E-state index contributed by atoms with van der Waals surface area (Å²) in [5.41, 5.74) is 16.4. The summed E-state index contributed by atoms with van der Waals surface area (Å²) in [4.78, 5) is 61.5. The minimum absolute atomic E-state index is 0.106. The van der Waals surface area contributed by atoms with Crippen LogP contribution in [0, 0.1) is 0 Å². The number of primary amides is 1. The number of amides is 6. The predicted molar refractivity (Wildman–Crippen MR) is 256 cm³/mol. The van der Waals surface area contributed by atoms with Crippen molar-refractivity contribution in [2.24, 2.45) is 15.9 Å². The fourth-order valence-corrected chi connectivity index (χ4v) is 8.89. The molecule has 0 bridgehead atoms. The van der Waals surface area contributed by atoms with Crippen LogP contribution in [0.1, 0.15) is 40.3 Å². The zero-order valence-corrected chi connectivity index (χ0v) is 38.1. The minimum Gasteiger partial charge on any atom is -0.369 e. The second kappa shape index (κ2) is 19.4. The van der Waals surface area contributed by atoms with Gasteiger partial charge in [-0.3, -0.25) is 9.59 Å². The molecule has 0 spiro atoms. The first-order chi connectivity index (χ1) is 31.4. The van der Waals surface area contributed by atoms with Crippen LogP contribution < -0.4 is 25.8 Å². The third-order valence-corrected chi connectivity index (χ3v) is 13.0. The van der Waals surface area contributed by atoms with Gasteiger partial charge >= 0.3 is 12.1 Å².